The summed E-state index contributed by atoms with van der Waals surface area (Å²) in [7, 11) is 4.17. The molecule has 4 atom stereocenters. The van der Waals surface area contributed by atoms with Crippen molar-refractivity contribution in [3.05, 3.63) is 23.8 Å². The summed E-state index contributed by atoms with van der Waals surface area (Å²) in [6.07, 6.45) is 0.338. The minimum Gasteiger partial charge on any atom is -0.508 e. The summed E-state index contributed by atoms with van der Waals surface area (Å²) < 4.78 is 10.5. The summed E-state index contributed by atoms with van der Waals surface area (Å²) in [5.41, 5.74) is -0.722. The van der Waals surface area contributed by atoms with Crippen molar-refractivity contribution in [3.8, 4) is 11.5 Å². The lowest BCUT2D eigenvalue weighted by Gasteiger charge is -2.33. The van der Waals surface area contributed by atoms with Crippen LogP contribution in [0, 0.1) is 17.8 Å². The lowest BCUT2D eigenvalue weighted by atomic mass is 9.75. The Kier molecular flexibility index (Phi) is 5.10. The molecule has 1 aromatic rings. The molecule has 3 rings (SSSR count). The van der Waals surface area contributed by atoms with E-state index in [1.54, 1.807) is 6.07 Å². The largest absolute Gasteiger partial charge is 0.508 e. The van der Waals surface area contributed by atoms with Gasteiger partial charge in [0, 0.05) is 24.7 Å². The second kappa shape index (κ2) is 7.09. The maximum Gasteiger partial charge on any atom is 0.326 e. The normalized spacial score (nSPS) is 29.4. The van der Waals surface area contributed by atoms with E-state index in [1.807, 2.05) is 13.8 Å². The minimum absolute atomic E-state index is 0.0162. The van der Waals surface area contributed by atoms with Crippen molar-refractivity contribution in [2.75, 3.05) is 21.3 Å². The van der Waals surface area contributed by atoms with Gasteiger partial charge in [-0.1, -0.05) is 19.9 Å². The third kappa shape index (κ3) is 2.83. The second-order valence-corrected chi connectivity index (χ2v) is 7.85. The highest BCUT2D eigenvalue weighted by Gasteiger charge is 2.68. The number of carbonyl (C=O) groups is 3. The number of nitrogens with one attached hydrogen (secondary N) is 1. The third-order valence-electron chi connectivity index (χ3n) is 5.71. The first kappa shape index (κ1) is 20.1. The Labute approximate surface area is 163 Å². The van der Waals surface area contributed by atoms with Crippen LogP contribution in [0.1, 0.15) is 31.9 Å². The Morgan fingerprint density at radius 3 is 2.54 bits per heavy atom. The molecule has 2 saturated heterocycles. The van der Waals surface area contributed by atoms with E-state index in [0.29, 0.717) is 17.7 Å². The molecule has 8 heteroatoms. The fraction of sp³-hybridized carbons (Fsp3) is 0.550. The molecule has 28 heavy (non-hydrogen) atoms. The molecule has 0 spiro atoms. The molecule has 152 valence electrons. The number of nitrogens with zero attached hydrogens (tertiary/aromatic N) is 1. The Morgan fingerprint density at radius 2 is 1.96 bits per heavy atom. The summed E-state index contributed by atoms with van der Waals surface area (Å²) in [5, 5.41) is 13.1. The van der Waals surface area contributed by atoms with Crippen LogP contribution in [0.3, 0.4) is 0 Å². The van der Waals surface area contributed by atoms with Crippen molar-refractivity contribution in [2.24, 2.45) is 17.8 Å². The van der Waals surface area contributed by atoms with Crippen LogP contribution in [0.25, 0.3) is 0 Å². The zero-order chi connectivity index (χ0) is 20.8. The number of phenols is 1. The summed E-state index contributed by atoms with van der Waals surface area (Å²) in [6, 6.07) is 3.93. The van der Waals surface area contributed by atoms with Crippen molar-refractivity contribution in [1.29, 1.82) is 0 Å². The Balaban J connectivity index is 2.20. The van der Waals surface area contributed by atoms with Gasteiger partial charge in [0.1, 0.15) is 17.0 Å². The van der Waals surface area contributed by atoms with Gasteiger partial charge in [0.15, 0.2) is 0 Å². The molecule has 8 nitrogen and oxygen atoms in total. The molecule has 0 aliphatic carbocycles. The number of carbonyl (C=O) groups excluding carboxylic acids is 3. The van der Waals surface area contributed by atoms with Crippen LogP contribution in [-0.2, 0) is 19.1 Å². The minimum atomic E-state index is -1.32. The third-order valence-corrected chi connectivity index (χ3v) is 5.71. The molecule has 0 radical (unpaired) electrons. The first-order chi connectivity index (χ1) is 13.2. The van der Waals surface area contributed by atoms with Gasteiger partial charge < -0.3 is 14.6 Å². The van der Waals surface area contributed by atoms with E-state index in [-0.39, 0.29) is 17.6 Å². The number of imide groups is 1. The molecule has 2 aliphatic rings. The van der Waals surface area contributed by atoms with Crippen LogP contribution in [-0.4, -0.2) is 54.6 Å². The zero-order valence-corrected chi connectivity index (χ0v) is 16.7. The lowest BCUT2D eigenvalue weighted by Crippen LogP contribution is -2.56. The highest BCUT2D eigenvalue weighted by molar-refractivity contribution is 6.09. The molecule has 0 bridgehead atoms. The van der Waals surface area contributed by atoms with Gasteiger partial charge in [-0.2, -0.15) is 0 Å². The van der Waals surface area contributed by atoms with Crippen LogP contribution in [0.15, 0.2) is 18.2 Å². The van der Waals surface area contributed by atoms with E-state index in [0.717, 1.165) is 4.90 Å². The average molecular weight is 390 g/mol. The smallest absolute Gasteiger partial charge is 0.326 e. The lowest BCUT2D eigenvalue weighted by molar-refractivity contribution is -0.154. The number of hydrogen-bond donors (Lipinski definition) is 2. The maximum absolute atomic E-state index is 13.0. The van der Waals surface area contributed by atoms with Gasteiger partial charge in [0.2, 0.25) is 11.8 Å². The van der Waals surface area contributed by atoms with Crippen LogP contribution in [0.4, 0.5) is 0 Å². The van der Waals surface area contributed by atoms with Crippen molar-refractivity contribution in [2.45, 2.75) is 31.8 Å². The molecular formula is C20H26N2O6. The highest BCUT2D eigenvalue weighted by Crippen LogP contribution is 2.52. The van der Waals surface area contributed by atoms with Crippen LogP contribution in [0.5, 0.6) is 11.5 Å². The van der Waals surface area contributed by atoms with Gasteiger partial charge in [-0.15, -0.1) is 0 Å². The monoisotopic (exact) mass is 390 g/mol. The number of benzene rings is 1. The second-order valence-electron chi connectivity index (χ2n) is 7.85. The Hall–Kier alpha value is -2.61. The van der Waals surface area contributed by atoms with Gasteiger partial charge in [-0.3, -0.25) is 24.6 Å². The summed E-state index contributed by atoms with van der Waals surface area (Å²) in [6.45, 7) is 3.89. The van der Waals surface area contributed by atoms with E-state index in [9.17, 15) is 19.5 Å². The number of likely N-dealkylation sites (tertiary alicyclic amines) is 1. The van der Waals surface area contributed by atoms with Crippen LogP contribution < -0.4 is 10.1 Å². The number of ether oxygens (including phenoxy) is 2. The predicted molar refractivity (Wildman–Crippen MR) is 99.5 cm³/mol. The Bertz CT molecular complexity index is 823. The quantitative estimate of drug-likeness (QED) is 0.575. The van der Waals surface area contributed by atoms with E-state index in [4.69, 9.17) is 9.47 Å². The molecular weight excluding hydrogens is 364 g/mol. The fourth-order valence-corrected chi connectivity index (χ4v) is 4.66. The number of fused-ring (bicyclic) bond motifs is 1. The molecule has 0 aromatic heterocycles. The Morgan fingerprint density at radius 1 is 1.29 bits per heavy atom. The summed E-state index contributed by atoms with van der Waals surface area (Å²) in [5.74, 6) is -2.49. The van der Waals surface area contributed by atoms with Crippen molar-refractivity contribution >= 4 is 17.8 Å². The maximum atomic E-state index is 13.0. The summed E-state index contributed by atoms with van der Waals surface area (Å²) >= 11 is 0. The molecule has 2 amide bonds. The first-order valence-corrected chi connectivity index (χ1v) is 9.22. The molecule has 2 fully saturated rings. The number of rotatable bonds is 5. The molecule has 2 heterocycles. The first-order valence-electron chi connectivity index (χ1n) is 9.22. The number of phenolic OH excluding ortho intramolecular Hbond substituents is 1. The van der Waals surface area contributed by atoms with Gasteiger partial charge in [0.05, 0.1) is 26.1 Å². The number of methoxy groups -OCH3 is 2. The average Bonchev–Trinajstić information content (AvgIpc) is 3.10. The number of amides is 2. The predicted octanol–water partition coefficient (Wildman–Crippen LogP) is 1.23. The molecule has 2 N–H and O–H groups in total. The van der Waals surface area contributed by atoms with Gasteiger partial charge >= 0.3 is 5.97 Å². The van der Waals surface area contributed by atoms with Gasteiger partial charge in [-0.05, 0) is 18.4 Å². The van der Waals surface area contributed by atoms with Gasteiger partial charge in [0.25, 0.3) is 0 Å². The number of esters is 1. The van der Waals surface area contributed by atoms with E-state index in [1.165, 1.54) is 33.4 Å². The molecule has 1 aromatic carbocycles. The van der Waals surface area contributed by atoms with Crippen molar-refractivity contribution in [1.82, 2.24) is 10.2 Å². The summed E-state index contributed by atoms with van der Waals surface area (Å²) in [4.78, 5) is 40.0. The molecule has 0 unspecified atom stereocenters. The standard InChI is InChI=1S/C20H26N2O6/c1-10(2)9-20(19(26)28-5)15-14(17(24)22(3)18(15)25)16(21-20)12-7-6-11(23)8-13(12)27-4/h6-8,10,14-16,21,23H,9H2,1-5H3/t14-,15-,16-,20-/m1/s1. The van der Waals surface area contributed by atoms with Crippen LogP contribution in [0.2, 0.25) is 0 Å². The van der Waals surface area contributed by atoms with E-state index >= 15 is 0 Å². The number of aromatic hydroxyl groups is 1. The number of hydrogen-bond acceptors (Lipinski definition) is 7. The van der Waals surface area contributed by atoms with E-state index < -0.39 is 35.3 Å². The molecule has 2 aliphatic heterocycles. The van der Waals surface area contributed by atoms with Crippen LogP contribution >= 0.6 is 0 Å². The SMILES string of the molecule is COC(=O)[C@]1(CC(C)C)N[C@H](c2ccc(O)cc2OC)[C@@H]2C(=O)N(C)C(=O)[C@@H]21. The fourth-order valence-electron chi connectivity index (χ4n) is 4.66. The highest BCUT2D eigenvalue weighted by atomic mass is 16.5. The van der Waals surface area contributed by atoms with Crippen molar-refractivity contribution in [3.63, 3.8) is 0 Å². The zero-order valence-electron chi connectivity index (χ0n) is 16.7. The van der Waals surface area contributed by atoms with E-state index in [2.05, 4.69) is 5.32 Å². The van der Waals surface area contributed by atoms with Gasteiger partial charge in [-0.25, -0.2) is 0 Å². The van der Waals surface area contributed by atoms with Crippen molar-refractivity contribution < 1.29 is 29.0 Å². The topological polar surface area (TPSA) is 105 Å². The molecule has 0 saturated carbocycles.